The summed E-state index contributed by atoms with van der Waals surface area (Å²) in [5.74, 6) is 1.40. The average Bonchev–Trinajstić information content (AvgIpc) is 3.35. The second kappa shape index (κ2) is 14.4. The van der Waals surface area contributed by atoms with Crippen LogP contribution in [0.15, 0.2) is 60.8 Å². The normalized spacial score (nSPS) is 17.2. The third kappa shape index (κ3) is 7.14. The van der Waals surface area contributed by atoms with Gasteiger partial charge in [0.25, 0.3) is 0 Å². The number of aliphatic hydroxyl groups is 1. The van der Waals surface area contributed by atoms with E-state index < -0.39 is 6.10 Å². The first-order chi connectivity index (χ1) is 22.3. The van der Waals surface area contributed by atoms with Gasteiger partial charge in [-0.05, 0) is 31.5 Å². The number of carbonyl (C=O) groups excluding carboxylic acids is 1. The van der Waals surface area contributed by atoms with Crippen molar-refractivity contribution in [1.29, 1.82) is 0 Å². The van der Waals surface area contributed by atoms with Crippen LogP contribution >= 0.6 is 23.2 Å². The summed E-state index contributed by atoms with van der Waals surface area (Å²) in [7, 11) is 1.60. The number of aromatic nitrogens is 2. The molecule has 1 amide bonds. The first-order valence-corrected chi connectivity index (χ1v) is 16.2. The maximum absolute atomic E-state index is 11.5. The number of nitrogens with one attached hydrogen (secondary N) is 2. The van der Waals surface area contributed by atoms with Crippen molar-refractivity contribution < 1.29 is 19.4 Å². The van der Waals surface area contributed by atoms with E-state index in [1.165, 1.54) is 0 Å². The number of nitrogens with zero attached hydrogens (tertiary/aromatic N) is 3. The number of fused-ring (bicyclic) bond motifs is 1. The Morgan fingerprint density at radius 1 is 1.13 bits per heavy atom. The third-order valence-corrected chi connectivity index (χ3v) is 9.09. The SMILES string of the molecule is COc1nc(-c2cccc(-c3ccnc(-c4ccc5c(c4)OCCN(C[C@@H](C)O)C5)c3Cl)c2Cl)ccc1CNC[C@@H]1CCC(=O)N1. The number of halogens is 2. The van der Waals surface area contributed by atoms with E-state index in [9.17, 15) is 9.90 Å². The highest BCUT2D eigenvalue weighted by Gasteiger charge is 2.22. The molecule has 0 spiro atoms. The van der Waals surface area contributed by atoms with E-state index in [4.69, 9.17) is 37.7 Å². The highest BCUT2D eigenvalue weighted by atomic mass is 35.5. The number of pyridine rings is 2. The number of β-amino-alcohol motifs (C(OH)–C–C–N with tert-alkyl or cyclic N) is 1. The van der Waals surface area contributed by atoms with Gasteiger partial charge < -0.3 is 25.2 Å². The fraction of sp³-hybridized carbons (Fsp3) is 0.343. The molecule has 0 aliphatic carbocycles. The van der Waals surface area contributed by atoms with Gasteiger partial charge in [0.15, 0.2) is 0 Å². The van der Waals surface area contributed by atoms with Crippen LogP contribution in [0.4, 0.5) is 0 Å². The van der Waals surface area contributed by atoms with Crippen LogP contribution in [0.25, 0.3) is 33.6 Å². The number of carbonyl (C=O) groups is 1. The monoisotopic (exact) mass is 661 g/mol. The lowest BCUT2D eigenvalue weighted by molar-refractivity contribution is -0.119. The van der Waals surface area contributed by atoms with Gasteiger partial charge in [0.05, 0.1) is 34.6 Å². The summed E-state index contributed by atoms with van der Waals surface area (Å²) in [6, 6.07) is 17.7. The van der Waals surface area contributed by atoms with Gasteiger partial charge in [-0.15, -0.1) is 0 Å². The molecule has 1 saturated heterocycles. The molecule has 0 saturated carbocycles. The van der Waals surface area contributed by atoms with Crippen molar-refractivity contribution in [2.24, 2.45) is 0 Å². The Bertz CT molecular complexity index is 1730. The van der Waals surface area contributed by atoms with Crippen molar-refractivity contribution in [3.05, 3.63) is 82.0 Å². The van der Waals surface area contributed by atoms with Crippen LogP contribution in [-0.2, 0) is 17.9 Å². The zero-order chi connectivity index (χ0) is 32.2. The number of ether oxygens (including phenoxy) is 2. The van der Waals surface area contributed by atoms with Crippen LogP contribution in [0, 0.1) is 0 Å². The predicted octanol–water partition coefficient (Wildman–Crippen LogP) is 5.74. The first-order valence-electron chi connectivity index (χ1n) is 15.4. The summed E-state index contributed by atoms with van der Waals surface area (Å²) in [6.07, 6.45) is 2.74. The molecule has 11 heteroatoms. The number of rotatable bonds is 10. The van der Waals surface area contributed by atoms with E-state index >= 15 is 0 Å². The Balaban J connectivity index is 1.25. The number of methoxy groups -OCH3 is 1. The topological polar surface area (TPSA) is 109 Å². The standard InChI is InChI=1S/C35H37Cl2N5O4/c1-21(43)19-42-14-15-46-30-16-22(6-7-24(30)20-42)34-33(37)27(12-13-39-34)26-4-3-5-28(32(26)36)29-10-8-23(35(41-29)45-2)17-38-18-25-9-11-31(44)40-25/h3-8,10,12-13,16,21,25,38,43H,9,11,14-15,17-20H2,1-2H3,(H,40,44)/t21-,25+/m1/s1. The number of amides is 1. The van der Waals surface area contributed by atoms with E-state index in [0.717, 1.165) is 52.1 Å². The summed E-state index contributed by atoms with van der Waals surface area (Å²) < 4.78 is 11.7. The van der Waals surface area contributed by atoms with Gasteiger partial charge in [0.1, 0.15) is 12.4 Å². The van der Waals surface area contributed by atoms with Crippen LogP contribution < -0.4 is 20.1 Å². The minimum atomic E-state index is -0.407. The van der Waals surface area contributed by atoms with Gasteiger partial charge in [0, 0.05) is 84.8 Å². The molecule has 2 aromatic heterocycles. The van der Waals surface area contributed by atoms with E-state index in [1.807, 2.05) is 54.6 Å². The predicted molar refractivity (Wildman–Crippen MR) is 180 cm³/mol. The molecule has 0 radical (unpaired) electrons. The van der Waals surface area contributed by atoms with Crippen molar-refractivity contribution in [2.45, 2.75) is 45.0 Å². The molecule has 0 unspecified atom stereocenters. The quantitative estimate of drug-likeness (QED) is 0.198. The van der Waals surface area contributed by atoms with Gasteiger partial charge >= 0.3 is 0 Å². The van der Waals surface area contributed by atoms with Gasteiger partial charge in [-0.3, -0.25) is 14.7 Å². The van der Waals surface area contributed by atoms with Crippen molar-refractivity contribution in [3.63, 3.8) is 0 Å². The van der Waals surface area contributed by atoms with Gasteiger partial charge in [-0.25, -0.2) is 4.98 Å². The minimum Gasteiger partial charge on any atom is -0.492 e. The maximum atomic E-state index is 11.5. The molecule has 6 rings (SSSR count). The zero-order valence-corrected chi connectivity index (χ0v) is 27.4. The third-order valence-electron chi connectivity index (χ3n) is 8.30. The lowest BCUT2D eigenvalue weighted by Gasteiger charge is -2.20. The molecule has 2 atom stereocenters. The van der Waals surface area contributed by atoms with Crippen molar-refractivity contribution in [1.82, 2.24) is 25.5 Å². The molecule has 9 nitrogen and oxygen atoms in total. The van der Waals surface area contributed by atoms with Gasteiger partial charge in [0.2, 0.25) is 11.8 Å². The molecule has 3 N–H and O–H groups in total. The van der Waals surface area contributed by atoms with Gasteiger partial charge in [-0.2, -0.15) is 0 Å². The first kappa shape index (κ1) is 32.2. The second-order valence-corrected chi connectivity index (χ2v) is 12.5. The lowest BCUT2D eigenvalue weighted by Crippen LogP contribution is -2.35. The van der Waals surface area contributed by atoms with Gasteiger partial charge in [-0.1, -0.05) is 59.6 Å². The molecule has 4 aromatic rings. The molecule has 2 aliphatic heterocycles. The Morgan fingerprint density at radius 2 is 1.96 bits per heavy atom. The molecule has 46 heavy (non-hydrogen) atoms. The zero-order valence-electron chi connectivity index (χ0n) is 25.9. The maximum Gasteiger partial charge on any atom is 0.220 e. The van der Waals surface area contributed by atoms with Crippen molar-refractivity contribution in [3.8, 4) is 45.3 Å². The fourth-order valence-corrected chi connectivity index (χ4v) is 6.68. The molecule has 4 heterocycles. The van der Waals surface area contributed by atoms with Crippen LogP contribution in [0.3, 0.4) is 0 Å². The number of hydrogen-bond donors (Lipinski definition) is 3. The summed E-state index contributed by atoms with van der Waals surface area (Å²) in [4.78, 5) is 23.1. The number of aliphatic hydroxyl groups excluding tert-OH is 1. The minimum absolute atomic E-state index is 0.101. The average molecular weight is 663 g/mol. The largest absolute Gasteiger partial charge is 0.492 e. The lowest BCUT2D eigenvalue weighted by atomic mass is 9.99. The van der Waals surface area contributed by atoms with Crippen LogP contribution in [0.2, 0.25) is 10.0 Å². The molecule has 1 fully saturated rings. The van der Waals surface area contributed by atoms with E-state index in [0.29, 0.717) is 66.5 Å². The molecule has 2 aliphatic rings. The van der Waals surface area contributed by atoms with Crippen molar-refractivity contribution in [2.75, 3.05) is 33.4 Å². The Labute approximate surface area is 278 Å². The molecule has 0 bridgehead atoms. The summed E-state index contributed by atoms with van der Waals surface area (Å²) >= 11 is 14.1. The highest BCUT2D eigenvalue weighted by molar-refractivity contribution is 6.39. The van der Waals surface area contributed by atoms with E-state index in [-0.39, 0.29) is 11.9 Å². The molecule has 240 valence electrons. The molecular weight excluding hydrogens is 625 g/mol. The highest BCUT2D eigenvalue weighted by Crippen LogP contribution is 2.42. The van der Waals surface area contributed by atoms with Crippen LogP contribution in [-0.4, -0.2) is 71.4 Å². The van der Waals surface area contributed by atoms with Crippen molar-refractivity contribution >= 4 is 29.1 Å². The molecule has 2 aromatic carbocycles. The Kier molecular flexibility index (Phi) is 10.1. The number of benzene rings is 2. The Hall–Kier alpha value is -3.73. The number of hydrogen-bond acceptors (Lipinski definition) is 8. The summed E-state index contributed by atoms with van der Waals surface area (Å²) in [6.45, 7) is 5.58. The fourth-order valence-electron chi connectivity index (χ4n) is 6.03. The van der Waals surface area contributed by atoms with Crippen LogP contribution in [0.5, 0.6) is 11.6 Å². The smallest absolute Gasteiger partial charge is 0.220 e. The summed E-state index contributed by atoms with van der Waals surface area (Å²) in [5, 5.41) is 17.2. The second-order valence-electron chi connectivity index (χ2n) is 11.7. The van der Waals surface area contributed by atoms with E-state index in [1.54, 1.807) is 20.2 Å². The molecular formula is C35H37Cl2N5O4. The Morgan fingerprint density at radius 3 is 2.74 bits per heavy atom. The summed E-state index contributed by atoms with van der Waals surface area (Å²) in [5.41, 5.74) is 6.37. The van der Waals surface area contributed by atoms with Crippen LogP contribution in [0.1, 0.15) is 30.9 Å². The van der Waals surface area contributed by atoms with E-state index in [2.05, 4.69) is 20.5 Å².